The normalized spacial score (nSPS) is 20.4. The second-order valence-corrected chi connectivity index (χ2v) is 7.54. The van der Waals surface area contributed by atoms with Crippen LogP contribution >= 0.6 is 12.4 Å². The summed E-state index contributed by atoms with van der Waals surface area (Å²) in [5.41, 5.74) is 6.43. The van der Waals surface area contributed by atoms with Crippen LogP contribution in [0.3, 0.4) is 0 Å². The highest BCUT2D eigenvalue weighted by atomic mass is 35.5. The molecule has 2 aliphatic rings. The van der Waals surface area contributed by atoms with Gasteiger partial charge in [0, 0.05) is 12.6 Å². The van der Waals surface area contributed by atoms with Crippen molar-refractivity contribution in [2.24, 2.45) is 5.73 Å². The van der Waals surface area contributed by atoms with E-state index in [0.29, 0.717) is 35.3 Å². The zero-order valence-electron chi connectivity index (χ0n) is 16.7. The summed E-state index contributed by atoms with van der Waals surface area (Å²) < 4.78 is 16.2. The summed E-state index contributed by atoms with van der Waals surface area (Å²) in [6.45, 7) is 0.629. The predicted octanol–water partition coefficient (Wildman–Crippen LogP) is 3.21. The van der Waals surface area contributed by atoms with E-state index in [1.807, 2.05) is 0 Å². The number of rotatable bonds is 5. The molecule has 8 nitrogen and oxygen atoms in total. The number of aromatic nitrogens is 2. The molecule has 1 aromatic heterocycles. The number of carbonyl (C=O) groups excluding carboxylic acids is 1. The molecule has 2 heterocycles. The van der Waals surface area contributed by atoms with Gasteiger partial charge in [-0.05, 0) is 37.8 Å². The van der Waals surface area contributed by atoms with Crippen molar-refractivity contribution in [3.05, 3.63) is 35.5 Å². The maximum absolute atomic E-state index is 13.2. The SMILES string of the molecule is COc1ccc(C(=O)N2CCCC2c2nc(C3(N)CCCC3)no2)c(OC)c1.Cl. The molecule has 1 aliphatic heterocycles. The van der Waals surface area contributed by atoms with Gasteiger partial charge in [0.05, 0.1) is 25.3 Å². The molecule has 2 fully saturated rings. The van der Waals surface area contributed by atoms with E-state index >= 15 is 0 Å². The van der Waals surface area contributed by atoms with Gasteiger partial charge in [0.25, 0.3) is 5.91 Å². The van der Waals surface area contributed by atoms with Crippen LogP contribution in [0.1, 0.15) is 66.6 Å². The lowest BCUT2D eigenvalue weighted by Crippen LogP contribution is -2.34. The molecule has 1 saturated heterocycles. The maximum atomic E-state index is 13.2. The Bertz CT molecular complexity index is 866. The average Bonchev–Trinajstić information content (AvgIpc) is 3.46. The Labute approximate surface area is 176 Å². The average molecular weight is 423 g/mol. The standard InChI is InChI=1S/C20H26N4O4.ClH/c1-26-13-7-8-14(16(12-13)27-2)18(25)24-11-5-6-15(24)17-22-19(23-28-17)20(21)9-3-4-10-20;/h7-8,12,15H,3-6,9-11,21H2,1-2H3;1H. The maximum Gasteiger partial charge on any atom is 0.258 e. The molecular formula is C20H27ClN4O4. The molecule has 1 atom stereocenters. The van der Waals surface area contributed by atoms with Gasteiger partial charge in [-0.15, -0.1) is 12.4 Å². The molecule has 1 aliphatic carbocycles. The summed E-state index contributed by atoms with van der Waals surface area (Å²) in [6, 6.07) is 4.94. The van der Waals surface area contributed by atoms with Crippen LogP contribution < -0.4 is 15.2 Å². The van der Waals surface area contributed by atoms with Crippen LogP contribution in [0, 0.1) is 0 Å². The van der Waals surface area contributed by atoms with Crippen LogP contribution in [0.15, 0.2) is 22.7 Å². The van der Waals surface area contributed by atoms with Crippen LogP contribution in [0.25, 0.3) is 0 Å². The quantitative estimate of drug-likeness (QED) is 0.788. The summed E-state index contributed by atoms with van der Waals surface area (Å²) >= 11 is 0. The Kier molecular flexibility index (Phi) is 6.33. The fraction of sp³-hybridized carbons (Fsp3) is 0.550. The number of hydrogen-bond donors (Lipinski definition) is 1. The monoisotopic (exact) mass is 422 g/mol. The number of nitrogens with two attached hydrogens (primary N) is 1. The summed E-state index contributed by atoms with van der Waals surface area (Å²) in [5, 5.41) is 4.15. The number of carbonyl (C=O) groups is 1. The van der Waals surface area contributed by atoms with Crippen molar-refractivity contribution in [2.75, 3.05) is 20.8 Å². The number of benzene rings is 1. The van der Waals surface area contributed by atoms with E-state index < -0.39 is 5.54 Å². The van der Waals surface area contributed by atoms with Gasteiger partial charge in [-0.1, -0.05) is 18.0 Å². The van der Waals surface area contributed by atoms with E-state index in [-0.39, 0.29) is 24.4 Å². The summed E-state index contributed by atoms with van der Waals surface area (Å²) in [6.07, 6.45) is 5.53. The molecule has 0 spiro atoms. The molecule has 0 bridgehead atoms. The number of nitrogens with zero attached hydrogens (tertiary/aromatic N) is 3. The molecule has 1 saturated carbocycles. The summed E-state index contributed by atoms with van der Waals surface area (Å²) in [4.78, 5) is 19.6. The van der Waals surface area contributed by atoms with Crippen LogP contribution in [0.4, 0.5) is 0 Å². The van der Waals surface area contributed by atoms with Gasteiger partial charge in [0.15, 0.2) is 5.82 Å². The Balaban J connectivity index is 0.00000240. The molecule has 2 N–H and O–H groups in total. The Morgan fingerprint density at radius 1 is 1.24 bits per heavy atom. The van der Waals surface area contributed by atoms with Crippen LogP contribution in [0.2, 0.25) is 0 Å². The van der Waals surface area contributed by atoms with Crippen molar-refractivity contribution in [2.45, 2.75) is 50.1 Å². The highest BCUT2D eigenvalue weighted by Crippen LogP contribution is 2.38. The second kappa shape index (κ2) is 8.59. The van der Waals surface area contributed by atoms with Gasteiger partial charge in [-0.25, -0.2) is 0 Å². The molecule has 0 radical (unpaired) electrons. The fourth-order valence-corrected chi connectivity index (χ4v) is 4.20. The number of ether oxygens (including phenoxy) is 2. The highest BCUT2D eigenvalue weighted by Gasteiger charge is 2.39. The van der Waals surface area contributed by atoms with Gasteiger partial charge >= 0.3 is 0 Å². The number of methoxy groups -OCH3 is 2. The number of halogens is 1. The largest absolute Gasteiger partial charge is 0.497 e. The number of hydrogen-bond acceptors (Lipinski definition) is 7. The van der Waals surface area contributed by atoms with Crippen molar-refractivity contribution in [1.29, 1.82) is 0 Å². The minimum absolute atomic E-state index is 0. The van der Waals surface area contributed by atoms with Gasteiger partial charge in [-0.3, -0.25) is 4.79 Å². The van der Waals surface area contributed by atoms with Gasteiger partial charge < -0.3 is 24.6 Å². The first-order valence-electron chi connectivity index (χ1n) is 9.72. The lowest BCUT2D eigenvalue weighted by atomic mass is 9.98. The predicted molar refractivity (Wildman–Crippen MR) is 108 cm³/mol. The fourth-order valence-electron chi connectivity index (χ4n) is 4.20. The first-order chi connectivity index (χ1) is 13.6. The van der Waals surface area contributed by atoms with E-state index in [4.69, 9.17) is 19.7 Å². The van der Waals surface area contributed by atoms with E-state index in [9.17, 15) is 4.79 Å². The third-order valence-electron chi connectivity index (χ3n) is 5.82. The van der Waals surface area contributed by atoms with E-state index in [1.54, 1.807) is 37.3 Å². The summed E-state index contributed by atoms with van der Waals surface area (Å²) in [5.74, 6) is 2.02. The number of likely N-dealkylation sites (tertiary alicyclic amines) is 1. The minimum Gasteiger partial charge on any atom is -0.497 e. The molecule has 29 heavy (non-hydrogen) atoms. The third-order valence-corrected chi connectivity index (χ3v) is 5.82. The zero-order chi connectivity index (χ0) is 19.7. The lowest BCUT2D eigenvalue weighted by Gasteiger charge is -2.23. The van der Waals surface area contributed by atoms with Crippen molar-refractivity contribution < 1.29 is 18.8 Å². The molecule has 1 amide bonds. The smallest absolute Gasteiger partial charge is 0.258 e. The van der Waals surface area contributed by atoms with E-state index in [2.05, 4.69) is 10.1 Å². The molecule has 158 valence electrons. The second-order valence-electron chi connectivity index (χ2n) is 7.54. The zero-order valence-corrected chi connectivity index (χ0v) is 17.5. The number of amides is 1. The highest BCUT2D eigenvalue weighted by molar-refractivity contribution is 5.97. The Morgan fingerprint density at radius 2 is 2.00 bits per heavy atom. The van der Waals surface area contributed by atoms with Crippen molar-refractivity contribution in [3.63, 3.8) is 0 Å². The van der Waals surface area contributed by atoms with Crippen molar-refractivity contribution in [1.82, 2.24) is 15.0 Å². The first kappa shape index (κ1) is 21.4. The summed E-state index contributed by atoms with van der Waals surface area (Å²) in [7, 11) is 3.12. The molecule has 9 heteroatoms. The van der Waals surface area contributed by atoms with Crippen LogP contribution in [-0.2, 0) is 5.54 Å². The van der Waals surface area contributed by atoms with Crippen LogP contribution in [-0.4, -0.2) is 41.7 Å². The molecule has 2 aromatic rings. The van der Waals surface area contributed by atoms with Gasteiger partial charge in [0.1, 0.15) is 17.5 Å². The van der Waals surface area contributed by atoms with Crippen molar-refractivity contribution >= 4 is 18.3 Å². The van der Waals surface area contributed by atoms with E-state index in [0.717, 1.165) is 38.5 Å². The topological polar surface area (TPSA) is 104 Å². The minimum atomic E-state index is -0.506. The van der Waals surface area contributed by atoms with E-state index in [1.165, 1.54) is 0 Å². The Morgan fingerprint density at radius 3 is 2.69 bits per heavy atom. The third kappa shape index (κ3) is 3.91. The first-order valence-corrected chi connectivity index (χ1v) is 9.72. The van der Waals surface area contributed by atoms with Gasteiger partial charge in [-0.2, -0.15) is 4.98 Å². The molecule has 1 aromatic carbocycles. The Hall–Kier alpha value is -2.32. The van der Waals surface area contributed by atoms with Crippen LogP contribution in [0.5, 0.6) is 11.5 Å². The molecular weight excluding hydrogens is 396 g/mol. The molecule has 1 unspecified atom stereocenters. The van der Waals surface area contributed by atoms with Gasteiger partial charge in [0.2, 0.25) is 5.89 Å². The molecule has 4 rings (SSSR count). The van der Waals surface area contributed by atoms with Crippen molar-refractivity contribution in [3.8, 4) is 11.5 Å². The lowest BCUT2D eigenvalue weighted by molar-refractivity contribution is 0.0706.